The highest BCUT2D eigenvalue weighted by Crippen LogP contribution is 2.19. The Morgan fingerprint density at radius 2 is 1.92 bits per heavy atom. The molecule has 2 aromatic rings. The van der Waals surface area contributed by atoms with Crippen molar-refractivity contribution in [2.24, 2.45) is 11.5 Å². The molecule has 0 spiro atoms. The molecule has 0 radical (unpaired) electrons. The van der Waals surface area contributed by atoms with E-state index in [2.05, 4.69) is 4.98 Å². The Balaban J connectivity index is 2.70. The van der Waals surface area contributed by atoms with Crippen LogP contribution in [0, 0.1) is 0 Å². The molecule has 0 unspecified atom stereocenters. The van der Waals surface area contributed by atoms with E-state index < -0.39 is 6.17 Å². The lowest BCUT2D eigenvalue weighted by Crippen LogP contribution is -2.19. The van der Waals surface area contributed by atoms with Gasteiger partial charge in [-0.3, -0.25) is 0 Å². The Hall–Kier alpha value is -1.32. The lowest BCUT2D eigenvalue weighted by molar-refractivity contribution is 0.781. The van der Waals surface area contributed by atoms with Crippen molar-refractivity contribution < 1.29 is 0 Å². The van der Waals surface area contributed by atoms with Gasteiger partial charge in [0.2, 0.25) is 0 Å². The number of H-pyrrole nitrogens is 1. The monoisotopic (exact) mass is 161 g/mol. The number of nitrogens with two attached hydrogens (primary N) is 2. The molecule has 1 heterocycles. The van der Waals surface area contributed by atoms with Crippen molar-refractivity contribution in [3.8, 4) is 0 Å². The van der Waals surface area contributed by atoms with E-state index in [0.29, 0.717) is 0 Å². The molecule has 0 saturated carbocycles. The minimum absolute atomic E-state index is 0.402. The van der Waals surface area contributed by atoms with Crippen LogP contribution in [-0.4, -0.2) is 4.98 Å². The second-order valence-corrected chi connectivity index (χ2v) is 2.82. The van der Waals surface area contributed by atoms with Gasteiger partial charge in [-0.25, -0.2) is 0 Å². The van der Waals surface area contributed by atoms with Crippen LogP contribution in [0.4, 0.5) is 0 Å². The van der Waals surface area contributed by atoms with Crippen LogP contribution in [0.3, 0.4) is 0 Å². The molecule has 12 heavy (non-hydrogen) atoms. The van der Waals surface area contributed by atoms with E-state index in [0.717, 1.165) is 16.5 Å². The third-order valence-electron chi connectivity index (χ3n) is 1.98. The van der Waals surface area contributed by atoms with Gasteiger partial charge >= 0.3 is 0 Å². The third kappa shape index (κ3) is 0.995. The summed E-state index contributed by atoms with van der Waals surface area (Å²) in [6, 6.07) is 7.96. The number of benzene rings is 1. The zero-order valence-corrected chi connectivity index (χ0v) is 6.62. The first-order valence-corrected chi connectivity index (χ1v) is 3.86. The van der Waals surface area contributed by atoms with Crippen LogP contribution in [0.5, 0.6) is 0 Å². The summed E-state index contributed by atoms with van der Waals surface area (Å²) < 4.78 is 0. The summed E-state index contributed by atoms with van der Waals surface area (Å²) in [7, 11) is 0. The SMILES string of the molecule is NC(N)c1c[nH]c2ccccc12. The fourth-order valence-corrected chi connectivity index (χ4v) is 1.37. The summed E-state index contributed by atoms with van der Waals surface area (Å²) in [5.74, 6) is 0. The van der Waals surface area contributed by atoms with Gasteiger partial charge in [0.25, 0.3) is 0 Å². The number of hydrogen-bond acceptors (Lipinski definition) is 2. The lowest BCUT2D eigenvalue weighted by atomic mass is 10.1. The molecule has 5 N–H and O–H groups in total. The van der Waals surface area contributed by atoms with Crippen LogP contribution in [-0.2, 0) is 0 Å². The second kappa shape index (κ2) is 2.62. The van der Waals surface area contributed by atoms with Crippen molar-refractivity contribution in [3.63, 3.8) is 0 Å². The number of para-hydroxylation sites is 1. The average Bonchev–Trinajstić information content (AvgIpc) is 2.47. The molecule has 0 aliphatic carbocycles. The predicted molar refractivity (Wildman–Crippen MR) is 49.4 cm³/mol. The first-order valence-electron chi connectivity index (χ1n) is 3.86. The van der Waals surface area contributed by atoms with Crippen molar-refractivity contribution in [2.45, 2.75) is 6.17 Å². The highest BCUT2D eigenvalue weighted by atomic mass is 14.9. The number of fused-ring (bicyclic) bond motifs is 1. The van der Waals surface area contributed by atoms with Gasteiger partial charge in [0.05, 0.1) is 6.17 Å². The van der Waals surface area contributed by atoms with Gasteiger partial charge in [-0.05, 0) is 6.07 Å². The molecule has 1 aromatic heterocycles. The summed E-state index contributed by atoms with van der Waals surface area (Å²) >= 11 is 0. The van der Waals surface area contributed by atoms with Crippen LogP contribution in [0.2, 0.25) is 0 Å². The van der Waals surface area contributed by atoms with Crippen molar-refractivity contribution in [3.05, 3.63) is 36.0 Å². The van der Waals surface area contributed by atoms with Crippen LogP contribution in [0.15, 0.2) is 30.5 Å². The zero-order valence-electron chi connectivity index (χ0n) is 6.62. The summed E-state index contributed by atoms with van der Waals surface area (Å²) in [5, 5.41) is 1.10. The molecule has 0 aliphatic heterocycles. The van der Waals surface area contributed by atoms with Gasteiger partial charge in [0, 0.05) is 22.7 Å². The number of aromatic nitrogens is 1. The first-order chi connectivity index (χ1) is 5.79. The van der Waals surface area contributed by atoms with E-state index in [4.69, 9.17) is 11.5 Å². The topological polar surface area (TPSA) is 67.8 Å². The van der Waals surface area contributed by atoms with Crippen molar-refractivity contribution in [1.82, 2.24) is 4.98 Å². The summed E-state index contributed by atoms with van der Waals surface area (Å²) in [4.78, 5) is 3.11. The molecule has 3 nitrogen and oxygen atoms in total. The van der Waals surface area contributed by atoms with E-state index in [1.807, 2.05) is 30.5 Å². The Bertz CT molecular complexity index is 389. The summed E-state index contributed by atoms with van der Waals surface area (Å²) in [5.41, 5.74) is 13.2. The van der Waals surface area contributed by atoms with Gasteiger partial charge in [-0.1, -0.05) is 18.2 Å². The van der Waals surface area contributed by atoms with Crippen molar-refractivity contribution in [2.75, 3.05) is 0 Å². The Labute approximate surface area is 70.4 Å². The number of rotatable bonds is 1. The quantitative estimate of drug-likeness (QED) is 0.548. The lowest BCUT2D eigenvalue weighted by Gasteiger charge is -2.01. The molecule has 1 aromatic carbocycles. The van der Waals surface area contributed by atoms with Gasteiger partial charge in [0.15, 0.2) is 0 Å². The fourth-order valence-electron chi connectivity index (χ4n) is 1.37. The van der Waals surface area contributed by atoms with E-state index in [1.54, 1.807) is 0 Å². The summed E-state index contributed by atoms with van der Waals surface area (Å²) in [6.45, 7) is 0. The number of hydrogen-bond donors (Lipinski definition) is 3. The minimum Gasteiger partial charge on any atom is -0.361 e. The standard InChI is InChI=1S/C9H11N3/c10-9(11)7-5-12-8-4-2-1-3-6(7)8/h1-5,9,12H,10-11H2. The maximum atomic E-state index is 5.58. The average molecular weight is 161 g/mol. The Morgan fingerprint density at radius 1 is 1.17 bits per heavy atom. The Kier molecular flexibility index (Phi) is 1.60. The molecule has 0 bridgehead atoms. The predicted octanol–water partition coefficient (Wildman–Crippen LogP) is 1.08. The molecule has 0 amide bonds. The maximum Gasteiger partial charge on any atom is 0.0805 e. The highest BCUT2D eigenvalue weighted by molar-refractivity contribution is 5.83. The fraction of sp³-hybridized carbons (Fsp3) is 0.111. The van der Waals surface area contributed by atoms with Gasteiger partial charge in [0.1, 0.15) is 0 Å². The molecule has 0 atom stereocenters. The molecular weight excluding hydrogens is 150 g/mol. The second-order valence-electron chi connectivity index (χ2n) is 2.82. The van der Waals surface area contributed by atoms with E-state index in [-0.39, 0.29) is 0 Å². The normalized spacial score (nSPS) is 11.2. The molecular formula is C9H11N3. The van der Waals surface area contributed by atoms with Gasteiger partial charge < -0.3 is 16.5 Å². The zero-order chi connectivity index (χ0) is 8.55. The number of aromatic amines is 1. The van der Waals surface area contributed by atoms with Crippen molar-refractivity contribution in [1.29, 1.82) is 0 Å². The minimum atomic E-state index is -0.402. The largest absolute Gasteiger partial charge is 0.361 e. The maximum absolute atomic E-state index is 5.58. The molecule has 62 valence electrons. The van der Waals surface area contributed by atoms with Crippen molar-refractivity contribution >= 4 is 10.9 Å². The molecule has 2 rings (SSSR count). The number of nitrogens with one attached hydrogen (secondary N) is 1. The van der Waals surface area contributed by atoms with E-state index in [9.17, 15) is 0 Å². The van der Waals surface area contributed by atoms with Crippen LogP contribution >= 0.6 is 0 Å². The highest BCUT2D eigenvalue weighted by Gasteiger charge is 2.05. The van der Waals surface area contributed by atoms with Gasteiger partial charge in [-0.15, -0.1) is 0 Å². The van der Waals surface area contributed by atoms with E-state index in [1.165, 1.54) is 0 Å². The molecule has 0 aliphatic rings. The Morgan fingerprint density at radius 3 is 2.67 bits per heavy atom. The third-order valence-corrected chi connectivity index (χ3v) is 1.98. The van der Waals surface area contributed by atoms with Crippen LogP contribution in [0.25, 0.3) is 10.9 Å². The van der Waals surface area contributed by atoms with Crippen LogP contribution < -0.4 is 11.5 Å². The smallest absolute Gasteiger partial charge is 0.0805 e. The van der Waals surface area contributed by atoms with Crippen LogP contribution in [0.1, 0.15) is 11.7 Å². The summed E-state index contributed by atoms with van der Waals surface area (Å²) in [6.07, 6.45) is 1.45. The molecule has 0 fully saturated rings. The van der Waals surface area contributed by atoms with Gasteiger partial charge in [-0.2, -0.15) is 0 Å². The molecule has 0 saturated heterocycles. The molecule has 3 heteroatoms. The first kappa shape index (κ1) is 7.34. The van der Waals surface area contributed by atoms with E-state index >= 15 is 0 Å².